The summed E-state index contributed by atoms with van der Waals surface area (Å²) in [7, 11) is 0. The summed E-state index contributed by atoms with van der Waals surface area (Å²) in [5.74, 6) is -2.15. The van der Waals surface area contributed by atoms with Crippen LogP contribution in [-0.2, 0) is 13.1 Å². The molecule has 2 unspecified atom stereocenters. The molecule has 182 valence electrons. The maximum atomic E-state index is 14.1. The highest BCUT2D eigenvalue weighted by Crippen LogP contribution is 2.27. The van der Waals surface area contributed by atoms with Crippen molar-refractivity contribution in [2.75, 3.05) is 19.6 Å². The first kappa shape index (κ1) is 24.4. The molecule has 0 aliphatic carbocycles. The maximum absolute atomic E-state index is 14.1. The molecule has 8 nitrogen and oxygen atoms in total. The predicted molar refractivity (Wildman–Crippen MR) is 126 cm³/mol. The van der Waals surface area contributed by atoms with Crippen LogP contribution in [0.2, 0.25) is 5.02 Å². The SMILES string of the molecule is CC(C)CN1CCCNC2C(=O)c3c(O)c(=O)c(C(=O)NCc4cccc(Cl)c4F)cn3CC21. The molecule has 1 amide bonds. The number of halogens is 2. The fraction of sp³-hybridized carbons (Fsp3) is 0.458. The van der Waals surface area contributed by atoms with Gasteiger partial charge in [-0.3, -0.25) is 19.3 Å². The van der Waals surface area contributed by atoms with Crippen LogP contribution in [0, 0.1) is 11.7 Å². The molecule has 34 heavy (non-hydrogen) atoms. The van der Waals surface area contributed by atoms with E-state index < -0.39 is 28.9 Å². The van der Waals surface area contributed by atoms with Crippen LogP contribution in [0.15, 0.2) is 29.2 Å². The molecule has 0 bridgehead atoms. The minimum absolute atomic E-state index is 0.0747. The third kappa shape index (κ3) is 4.60. The quantitative estimate of drug-likeness (QED) is 0.593. The summed E-state index contributed by atoms with van der Waals surface area (Å²) in [6.45, 7) is 6.65. The van der Waals surface area contributed by atoms with Crippen molar-refractivity contribution < 1.29 is 19.1 Å². The van der Waals surface area contributed by atoms with Gasteiger partial charge >= 0.3 is 0 Å². The zero-order valence-electron chi connectivity index (χ0n) is 19.1. The highest BCUT2D eigenvalue weighted by molar-refractivity contribution is 6.30. The van der Waals surface area contributed by atoms with Gasteiger partial charge in [-0.1, -0.05) is 37.6 Å². The molecule has 3 heterocycles. The highest BCUT2D eigenvalue weighted by Gasteiger charge is 2.42. The molecule has 0 saturated carbocycles. The van der Waals surface area contributed by atoms with Gasteiger partial charge in [-0.15, -0.1) is 0 Å². The Morgan fingerprint density at radius 1 is 1.35 bits per heavy atom. The largest absolute Gasteiger partial charge is 0.503 e. The van der Waals surface area contributed by atoms with Gasteiger partial charge in [-0.2, -0.15) is 0 Å². The topological polar surface area (TPSA) is 104 Å². The minimum atomic E-state index is -0.935. The Bertz CT molecular complexity index is 1180. The molecular weight excluding hydrogens is 463 g/mol. The zero-order chi connectivity index (χ0) is 24.6. The van der Waals surface area contributed by atoms with E-state index in [1.807, 2.05) is 0 Å². The number of nitrogens with one attached hydrogen (secondary N) is 2. The molecule has 2 aliphatic rings. The zero-order valence-corrected chi connectivity index (χ0v) is 19.9. The van der Waals surface area contributed by atoms with Crippen molar-refractivity contribution in [1.29, 1.82) is 0 Å². The van der Waals surface area contributed by atoms with Gasteiger partial charge in [0.1, 0.15) is 17.1 Å². The number of Topliss-reactive ketones (excluding diaryl/α,β-unsaturated/α-hetero) is 1. The molecule has 0 spiro atoms. The predicted octanol–water partition coefficient (Wildman–Crippen LogP) is 2.16. The van der Waals surface area contributed by atoms with Crippen LogP contribution in [-0.4, -0.2) is 58.0 Å². The smallest absolute Gasteiger partial charge is 0.257 e. The molecule has 2 aromatic rings. The number of carbonyl (C=O) groups excluding carboxylic acids is 2. The van der Waals surface area contributed by atoms with Crippen LogP contribution in [0.25, 0.3) is 0 Å². The lowest BCUT2D eigenvalue weighted by Crippen LogP contribution is -2.58. The lowest BCUT2D eigenvalue weighted by Gasteiger charge is -2.39. The Balaban J connectivity index is 1.65. The number of amides is 1. The van der Waals surface area contributed by atoms with Gasteiger partial charge in [0.25, 0.3) is 5.91 Å². The number of hydrogen-bond acceptors (Lipinski definition) is 6. The van der Waals surface area contributed by atoms with Gasteiger partial charge in [0.05, 0.1) is 17.1 Å². The molecule has 0 radical (unpaired) electrons. The van der Waals surface area contributed by atoms with Crippen LogP contribution < -0.4 is 16.1 Å². The van der Waals surface area contributed by atoms with Gasteiger partial charge in [-0.05, 0) is 31.5 Å². The van der Waals surface area contributed by atoms with Crippen molar-refractivity contribution >= 4 is 23.3 Å². The second-order valence-corrected chi connectivity index (χ2v) is 9.63. The number of carbonyl (C=O) groups is 2. The number of pyridine rings is 1. The molecule has 1 fully saturated rings. The van der Waals surface area contributed by atoms with Gasteiger partial charge in [0.2, 0.25) is 11.2 Å². The molecule has 1 aromatic carbocycles. The molecule has 2 atom stereocenters. The summed E-state index contributed by atoms with van der Waals surface area (Å²) < 4.78 is 15.6. The average Bonchev–Trinajstić information content (AvgIpc) is 2.99. The highest BCUT2D eigenvalue weighted by atomic mass is 35.5. The Hall–Kier alpha value is -2.75. The first-order valence-electron chi connectivity index (χ1n) is 11.4. The number of rotatable bonds is 5. The van der Waals surface area contributed by atoms with Gasteiger partial charge in [0, 0.05) is 31.4 Å². The Labute approximate surface area is 201 Å². The normalized spacial score (nSPS) is 20.6. The molecule has 4 rings (SSSR count). The molecule has 3 N–H and O–H groups in total. The van der Waals surface area contributed by atoms with Gasteiger partial charge in [0.15, 0.2) is 5.75 Å². The Morgan fingerprint density at radius 3 is 2.85 bits per heavy atom. The van der Waals surface area contributed by atoms with Crippen molar-refractivity contribution in [3.63, 3.8) is 0 Å². The van der Waals surface area contributed by atoms with E-state index in [0.29, 0.717) is 19.0 Å². The second-order valence-electron chi connectivity index (χ2n) is 9.22. The summed E-state index contributed by atoms with van der Waals surface area (Å²) in [4.78, 5) is 41.2. The standard InChI is InChI=1S/C24H28ClFN4O4/c1-13(2)10-29-8-4-7-27-19-17(29)12-30-11-15(21(31)23(33)20(30)22(19)32)24(34)28-9-14-5-3-6-16(25)18(14)26/h3,5-6,11,13,17,19,27,33H,4,7-10,12H2,1-2H3,(H,28,34). The van der Waals surface area contributed by atoms with Crippen molar-refractivity contribution in [3.8, 4) is 5.75 Å². The van der Waals surface area contributed by atoms with Crippen LogP contribution in [0.4, 0.5) is 4.39 Å². The fourth-order valence-electron chi connectivity index (χ4n) is 4.76. The monoisotopic (exact) mass is 490 g/mol. The summed E-state index contributed by atoms with van der Waals surface area (Å²) in [6, 6.07) is 3.70. The third-order valence-electron chi connectivity index (χ3n) is 6.31. The van der Waals surface area contributed by atoms with E-state index in [2.05, 4.69) is 29.4 Å². The van der Waals surface area contributed by atoms with Crippen LogP contribution in [0.5, 0.6) is 5.75 Å². The van der Waals surface area contributed by atoms with Crippen LogP contribution in [0.1, 0.15) is 46.7 Å². The second kappa shape index (κ2) is 9.85. The minimum Gasteiger partial charge on any atom is -0.503 e. The number of hydrogen-bond donors (Lipinski definition) is 3. The van der Waals surface area contributed by atoms with Crippen LogP contribution in [0.3, 0.4) is 0 Å². The summed E-state index contributed by atoms with van der Waals surface area (Å²) in [5, 5.41) is 16.3. The van der Waals surface area contributed by atoms with Crippen LogP contribution >= 0.6 is 11.6 Å². The number of fused-ring (bicyclic) bond motifs is 2. The van der Waals surface area contributed by atoms with E-state index in [1.54, 1.807) is 6.07 Å². The van der Waals surface area contributed by atoms with Crippen molar-refractivity contribution in [2.45, 2.75) is 45.4 Å². The number of aromatic nitrogens is 1. The molecular formula is C24H28ClFN4O4. The average molecular weight is 491 g/mol. The lowest BCUT2D eigenvalue weighted by molar-refractivity contribution is 0.0748. The number of ketones is 1. The van der Waals surface area contributed by atoms with E-state index in [0.717, 1.165) is 19.5 Å². The molecule has 2 aliphatic heterocycles. The van der Waals surface area contributed by atoms with E-state index in [-0.39, 0.29) is 40.2 Å². The van der Waals surface area contributed by atoms with E-state index in [9.17, 15) is 23.9 Å². The summed E-state index contributed by atoms with van der Waals surface area (Å²) in [6.07, 6.45) is 2.19. The summed E-state index contributed by atoms with van der Waals surface area (Å²) >= 11 is 5.78. The van der Waals surface area contributed by atoms with E-state index in [1.165, 1.54) is 22.9 Å². The van der Waals surface area contributed by atoms with E-state index in [4.69, 9.17) is 11.6 Å². The molecule has 1 aromatic heterocycles. The van der Waals surface area contributed by atoms with Gasteiger partial charge in [-0.25, -0.2) is 4.39 Å². The first-order valence-corrected chi connectivity index (χ1v) is 11.8. The van der Waals surface area contributed by atoms with Gasteiger partial charge < -0.3 is 20.3 Å². The first-order chi connectivity index (χ1) is 16.2. The number of benzene rings is 1. The van der Waals surface area contributed by atoms with Crippen molar-refractivity contribution in [2.24, 2.45) is 5.92 Å². The van der Waals surface area contributed by atoms with Crippen molar-refractivity contribution in [1.82, 2.24) is 20.1 Å². The fourth-order valence-corrected chi connectivity index (χ4v) is 4.95. The Morgan fingerprint density at radius 2 is 2.12 bits per heavy atom. The maximum Gasteiger partial charge on any atom is 0.257 e. The molecule has 1 saturated heterocycles. The summed E-state index contributed by atoms with van der Waals surface area (Å²) in [5.41, 5.74) is -1.18. The lowest BCUT2D eigenvalue weighted by atomic mass is 9.93. The number of aromatic hydroxyl groups is 1. The third-order valence-corrected chi connectivity index (χ3v) is 6.60. The van der Waals surface area contributed by atoms with E-state index >= 15 is 0 Å². The Kier molecular flexibility index (Phi) is 7.06. The number of nitrogens with zero attached hydrogens (tertiary/aromatic N) is 2. The van der Waals surface area contributed by atoms with Crippen molar-refractivity contribution in [3.05, 3.63) is 62.3 Å². The molecule has 10 heteroatoms.